The summed E-state index contributed by atoms with van der Waals surface area (Å²) < 4.78 is 5.85. The second-order valence-electron chi connectivity index (χ2n) is 7.30. The quantitative estimate of drug-likeness (QED) is 0.651. The Hall–Kier alpha value is -1.21. The molecule has 0 radical (unpaired) electrons. The summed E-state index contributed by atoms with van der Waals surface area (Å²) in [6.45, 7) is 10.3. The van der Waals surface area contributed by atoms with Crippen molar-refractivity contribution in [3.05, 3.63) is 10.0 Å². The lowest BCUT2D eigenvalue weighted by Crippen LogP contribution is -2.67. The highest BCUT2D eigenvalue weighted by Gasteiger charge is 2.59. The van der Waals surface area contributed by atoms with E-state index in [1.54, 1.807) is 11.3 Å². The van der Waals surface area contributed by atoms with E-state index in [1.165, 1.54) is 0 Å². The predicted molar refractivity (Wildman–Crippen MR) is 92.7 cm³/mol. The third kappa shape index (κ3) is 3.08. The normalized spacial score (nSPS) is 29.3. The molecular formula is C16H27N5OS. The molecule has 6 nitrogen and oxygen atoms in total. The Balaban J connectivity index is 1.56. The molecule has 0 aromatic carbocycles. The van der Waals surface area contributed by atoms with Gasteiger partial charge in [-0.1, -0.05) is 39.0 Å². The fourth-order valence-corrected chi connectivity index (χ4v) is 4.47. The van der Waals surface area contributed by atoms with Gasteiger partial charge in [0.2, 0.25) is 0 Å². The number of guanidine groups is 1. The number of fused-ring (bicyclic) bond motifs is 1. The van der Waals surface area contributed by atoms with Crippen LogP contribution in [0.3, 0.4) is 0 Å². The molecule has 3 rings (SSSR count). The standard InChI is InChI=1S/C16H27N5OS/c1-9(2)14-21-20-11(23-14)8-18-15(17-5)19-12-10-6-7-22-13(10)16(12,3)4/h9-10,12-13H,6-8H2,1-5H3,(H2,17,18,19). The van der Waals surface area contributed by atoms with Gasteiger partial charge in [0.1, 0.15) is 10.0 Å². The first-order valence-electron chi connectivity index (χ1n) is 8.34. The van der Waals surface area contributed by atoms with E-state index in [0.717, 1.165) is 29.0 Å². The summed E-state index contributed by atoms with van der Waals surface area (Å²) in [7, 11) is 1.81. The molecule has 1 saturated heterocycles. The van der Waals surface area contributed by atoms with Crippen molar-refractivity contribution in [1.29, 1.82) is 0 Å². The lowest BCUT2D eigenvalue weighted by Gasteiger charge is -2.54. The van der Waals surface area contributed by atoms with E-state index in [4.69, 9.17) is 4.74 Å². The van der Waals surface area contributed by atoms with E-state index in [2.05, 4.69) is 53.5 Å². The summed E-state index contributed by atoms with van der Waals surface area (Å²) in [6.07, 6.45) is 1.52. The summed E-state index contributed by atoms with van der Waals surface area (Å²) in [5.74, 6) is 1.85. The van der Waals surface area contributed by atoms with E-state index in [9.17, 15) is 0 Å². The molecule has 128 valence electrons. The predicted octanol–water partition coefficient (Wildman–Crippen LogP) is 2.14. The van der Waals surface area contributed by atoms with Crippen LogP contribution in [0.1, 0.15) is 50.0 Å². The van der Waals surface area contributed by atoms with Gasteiger partial charge in [-0.15, -0.1) is 10.2 Å². The number of nitrogens with zero attached hydrogens (tertiary/aromatic N) is 3. The highest BCUT2D eigenvalue weighted by molar-refractivity contribution is 7.11. The van der Waals surface area contributed by atoms with Crippen molar-refractivity contribution in [2.75, 3.05) is 13.7 Å². The minimum absolute atomic E-state index is 0.145. The van der Waals surface area contributed by atoms with Gasteiger partial charge < -0.3 is 15.4 Å². The number of aliphatic imine (C=N–C) groups is 1. The average Bonchev–Trinajstić information content (AvgIpc) is 3.15. The zero-order chi connectivity index (χ0) is 16.6. The number of aromatic nitrogens is 2. The smallest absolute Gasteiger partial charge is 0.191 e. The molecule has 7 heteroatoms. The van der Waals surface area contributed by atoms with Crippen molar-refractivity contribution in [1.82, 2.24) is 20.8 Å². The van der Waals surface area contributed by atoms with Crippen LogP contribution in [0.2, 0.25) is 0 Å². The van der Waals surface area contributed by atoms with Crippen molar-refractivity contribution >= 4 is 17.3 Å². The maximum absolute atomic E-state index is 5.85. The Morgan fingerprint density at radius 3 is 2.87 bits per heavy atom. The number of nitrogens with one attached hydrogen (secondary N) is 2. The zero-order valence-electron chi connectivity index (χ0n) is 14.6. The Morgan fingerprint density at radius 1 is 1.43 bits per heavy atom. The maximum Gasteiger partial charge on any atom is 0.191 e. The summed E-state index contributed by atoms with van der Waals surface area (Å²) in [5.41, 5.74) is 0.145. The topological polar surface area (TPSA) is 71.4 Å². The number of ether oxygens (including phenoxy) is 1. The summed E-state index contributed by atoms with van der Waals surface area (Å²) >= 11 is 1.66. The molecule has 3 unspecified atom stereocenters. The van der Waals surface area contributed by atoms with Gasteiger partial charge in [0.15, 0.2) is 5.96 Å². The summed E-state index contributed by atoms with van der Waals surface area (Å²) in [6, 6.07) is 0.404. The van der Waals surface area contributed by atoms with Crippen molar-refractivity contribution in [2.45, 2.75) is 58.7 Å². The number of hydrogen-bond acceptors (Lipinski definition) is 5. The van der Waals surface area contributed by atoms with Crippen molar-refractivity contribution < 1.29 is 4.74 Å². The van der Waals surface area contributed by atoms with E-state index in [-0.39, 0.29) is 5.41 Å². The van der Waals surface area contributed by atoms with Crippen LogP contribution in [0.25, 0.3) is 0 Å². The second kappa shape index (κ2) is 6.36. The number of hydrogen-bond donors (Lipinski definition) is 2. The van der Waals surface area contributed by atoms with E-state index in [1.807, 2.05) is 7.05 Å². The molecular weight excluding hydrogens is 310 g/mol. The molecule has 1 aromatic heterocycles. The fourth-order valence-electron chi connectivity index (χ4n) is 3.69. The van der Waals surface area contributed by atoms with Crippen LogP contribution in [0.5, 0.6) is 0 Å². The van der Waals surface area contributed by atoms with E-state index in [0.29, 0.717) is 30.5 Å². The van der Waals surface area contributed by atoms with Crippen molar-refractivity contribution in [3.8, 4) is 0 Å². The summed E-state index contributed by atoms with van der Waals surface area (Å²) in [5, 5.41) is 17.5. The molecule has 0 spiro atoms. The molecule has 0 amide bonds. The Morgan fingerprint density at radius 2 is 2.22 bits per heavy atom. The molecule has 1 aliphatic heterocycles. The van der Waals surface area contributed by atoms with Crippen LogP contribution in [-0.4, -0.2) is 42.0 Å². The molecule has 2 aliphatic rings. The van der Waals surface area contributed by atoms with Gasteiger partial charge in [0.25, 0.3) is 0 Å². The van der Waals surface area contributed by atoms with Gasteiger partial charge in [0.05, 0.1) is 12.6 Å². The van der Waals surface area contributed by atoms with E-state index < -0.39 is 0 Å². The average molecular weight is 337 g/mol. The minimum atomic E-state index is 0.145. The van der Waals surface area contributed by atoms with E-state index >= 15 is 0 Å². The molecule has 1 aromatic rings. The first-order valence-corrected chi connectivity index (χ1v) is 9.16. The summed E-state index contributed by atoms with van der Waals surface area (Å²) in [4.78, 5) is 4.36. The third-order valence-electron chi connectivity index (χ3n) is 5.00. The molecule has 0 bridgehead atoms. The lowest BCUT2D eigenvalue weighted by molar-refractivity contribution is -0.106. The van der Waals surface area contributed by atoms with Gasteiger partial charge in [-0.2, -0.15) is 0 Å². The van der Waals surface area contributed by atoms with Crippen LogP contribution in [-0.2, 0) is 11.3 Å². The first-order chi connectivity index (χ1) is 10.9. The van der Waals surface area contributed by atoms with Crippen molar-refractivity contribution in [2.24, 2.45) is 16.3 Å². The highest BCUT2D eigenvalue weighted by Crippen LogP contribution is 2.52. The first kappa shape index (κ1) is 16.6. The Kier molecular flexibility index (Phi) is 4.60. The van der Waals surface area contributed by atoms with Crippen LogP contribution in [0, 0.1) is 11.3 Å². The second-order valence-corrected chi connectivity index (χ2v) is 8.40. The van der Waals surface area contributed by atoms with Gasteiger partial charge in [-0.25, -0.2) is 0 Å². The van der Waals surface area contributed by atoms with Gasteiger partial charge in [-0.3, -0.25) is 4.99 Å². The number of rotatable bonds is 4. The largest absolute Gasteiger partial charge is 0.377 e. The maximum atomic E-state index is 5.85. The SMILES string of the molecule is CN=C(NCc1nnc(C(C)C)s1)NC1C2CCOC2C1(C)C. The molecule has 2 N–H and O–H groups in total. The molecule has 23 heavy (non-hydrogen) atoms. The van der Waals surface area contributed by atoms with Crippen LogP contribution >= 0.6 is 11.3 Å². The van der Waals surface area contributed by atoms with Crippen LogP contribution in [0.4, 0.5) is 0 Å². The lowest BCUT2D eigenvalue weighted by atomic mass is 9.57. The molecule has 2 fully saturated rings. The molecule has 2 heterocycles. The zero-order valence-corrected chi connectivity index (χ0v) is 15.4. The minimum Gasteiger partial charge on any atom is -0.377 e. The monoisotopic (exact) mass is 337 g/mol. The Labute approximate surface area is 142 Å². The fraction of sp³-hybridized carbons (Fsp3) is 0.812. The highest BCUT2D eigenvalue weighted by atomic mass is 32.1. The Bertz CT molecular complexity index is 583. The van der Waals surface area contributed by atoms with Gasteiger partial charge >= 0.3 is 0 Å². The molecule has 1 aliphatic carbocycles. The molecule has 1 saturated carbocycles. The van der Waals surface area contributed by atoms with Crippen LogP contribution in [0.15, 0.2) is 4.99 Å². The molecule has 3 atom stereocenters. The third-order valence-corrected chi connectivity index (χ3v) is 6.22. The van der Waals surface area contributed by atoms with Crippen LogP contribution < -0.4 is 10.6 Å². The van der Waals surface area contributed by atoms with Gasteiger partial charge in [-0.05, 0) is 6.42 Å². The van der Waals surface area contributed by atoms with Crippen molar-refractivity contribution in [3.63, 3.8) is 0 Å². The van der Waals surface area contributed by atoms with Gasteiger partial charge in [0, 0.05) is 36.9 Å².